The normalized spacial score (nSPS) is 10.7. The molecule has 0 saturated heterocycles. The highest BCUT2D eigenvalue weighted by Gasteiger charge is 2.11. The highest BCUT2D eigenvalue weighted by molar-refractivity contribution is 7.99. The van der Waals surface area contributed by atoms with Gasteiger partial charge in [-0.2, -0.15) is 0 Å². The van der Waals surface area contributed by atoms with Crippen LogP contribution in [0.1, 0.15) is 22.5 Å². The molecule has 0 aliphatic carbocycles. The fourth-order valence-corrected chi connectivity index (χ4v) is 3.77. The highest BCUT2D eigenvalue weighted by Crippen LogP contribution is 2.17. The van der Waals surface area contributed by atoms with E-state index < -0.39 is 0 Å². The van der Waals surface area contributed by atoms with Gasteiger partial charge in [0.1, 0.15) is 0 Å². The average molecular weight is 387 g/mol. The van der Waals surface area contributed by atoms with Crippen molar-refractivity contribution >= 4 is 34.1 Å². The van der Waals surface area contributed by atoms with Gasteiger partial charge in [-0.05, 0) is 19.4 Å². The summed E-state index contributed by atoms with van der Waals surface area (Å²) in [7, 11) is 0. The molecule has 0 aliphatic rings. The first-order chi connectivity index (χ1) is 12.5. The van der Waals surface area contributed by atoms with Gasteiger partial charge in [0.15, 0.2) is 10.3 Å². The highest BCUT2D eigenvalue weighted by atomic mass is 32.2. The number of anilines is 1. The number of carbonyl (C=O) groups excluding carboxylic acids is 1. The van der Waals surface area contributed by atoms with Gasteiger partial charge >= 0.3 is 0 Å². The number of hydrogen-bond donors (Lipinski definition) is 2. The maximum absolute atomic E-state index is 12.4. The second-order valence-electron chi connectivity index (χ2n) is 5.73. The largest absolute Gasteiger partial charge is 0.301 e. The molecule has 0 radical (unpaired) electrons. The first-order valence-electron chi connectivity index (χ1n) is 8.00. The van der Waals surface area contributed by atoms with Gasteiger partial charge in [0.25, 0.3) is 5.56 Å². The number of H-pyrrole nitrogens is 1. The minimum atomic E-state index is -0.182. The number of nitrogens with one attached hydrogen (secondary N) is 2. The van der Waals surface area contributed by atoms with Crippen LogP contribution in [0.2, 0.25) is 0 Å². The fraction of sp³-hybridized carbons (Fsp3) is 0.222. The molecule has 2 N–H and O–H groups in total. The van der Waals surface area contributed by atoms with Gasteiger partial charge in [-0.15, -0.1) is 11.3 Å². The molecule has 1 aromatic carbocycles. The van der Waals surface area contributed by atoms with Crippen LogP contribution in [0.3, 0.4) is 0 Å². The maximum atomic E-state index is 12.4. The van der Waals surface area contributed by atoms with Gasteiger partial charge in [-0.1, -0.05) is 42.1 Å². The molecule has 0 saturated carbocycles. The van der Waals surface area contributed by atoms with Gasteiger partial charge in [0, 0.05) is 23.1 Å². The van der Waals surface area contributed by atoms with Gasteiger partial charge in [0.05, 0.1) is 11.4 Å². The number of aromatic amines is 1. The van der Waals surface area contributed by atoms with Crippen molar-refractivity contribution in [3.63, 3.8) is 0 Å². The zero-order valence-corrected chi connectivity index (χ0v) is 16.0. The lowest BCUT2D eigenvalue weighted by Gasteiger charge is -2.07. The van der Waals surface area contributed by atoms with Crippen molar-refractivity contribution in [2.24, 2.45) is 0 Å². The predicted molar refractivity (Wildman–Crippen MR) is 105 cm³/mol. The van der Waals surface area contributed by atoms with E-state index in [4.69, 9.17) is 0 Å². The van der Waals surface area contributed by atoms with Crippen LogP contribution in [0.25, 0.3) is 0 Å². The van der Waals surface area contributed by atoms with E-state index in [0.29, 0.717) is 28.0 Å². The lowest BCUT2D eigenvalue weighted by atomic mass is 10.1. The quantitative estimate of drug-likeness (QED) is 0.502. The van der Waals surface area contributed by atoms with Crippen LogP contribution in [0.4, 0.5) is 5.13 Å². The van der Waals surface area contributed by atoms with Gasteiger partial charge in [-0.25, -0.2) is 9.97 Å². The lowest BCUT2D eigenvalue weighted by Crippen LogP contribution is -2.19. The second kappa shape index (κ2) is 8.29. The average Bonchev–Trinajstić information content (AvgIpc) is 3.02. The number of rotatable bonds is 6. The Labute approximate surface area is 159 Å². The number of aromatic nitrogens is 3. The van der Waals surface area contributed by atoms with Crippen LogP contribution in [0.15, 0.2) is 45.7 Å². The van der Waals surface area contributed by atoms with Crippen LogP contribution >= 0.6 is 23.1 Å². The monoisotopic (exact) mass is 386 g/mol. The minimum absolute atomic E-state index is 0.152. The number of aryl methyl sites for hydroxylation is 2. The van der Waals surface area contributed by atoms with Crippen LogP contribution in [-0.2, 0) is 11.2 Å². The fourth-order valence-electron chi connectivity index (χ4n) is 2.36. The third kappa shape index (κ3) is 4.80. The van der Waals surface area contributed by atoms with Crippen molar-refractivity contribution in [3.8, 4) is 0 Å². The van der Waals surface area contributed by atoms with Crippen LogP contribution < -0.4 is 10.9 Å². The number of amides is 1. The molecule has 2 aromatic heterocycles. The predicted octanol–water partition coefficient (Wildman–Crippen LogP) is 3.16. The molecule has 0 bridgehead atoms. The lowest BCUT2D eigenvalue weighted by molar-refractivity contribution is -0.113. The van der Waals surface area contributed by atoms with Gasteiger partial charge in [0.2, 0.25) is 5.91 Å². The van der Waals surface area contributed by atoms with E-state index in [9.17, 15) is 9.59 Å². The number of thioether (sulfide) groups is 1. The second-order valence-corrected chi connectivity index (χ2v) is 7.55. The molecule has 6 nitrogen and oxygen atoms in total. The van der Waals surface area contributed by atoms with Gasteiger partial charge < -0.3 is 10.3 Å². The van der Waals surface area contributed by atoms with E-state index in [0.717, 1.165) is 11.3 Å². The van der Waals surface area contributed by atoms with Gasteiger partial charge in [-0.3, -0.25) is 9.59 Å². The summed E-state index contributed by atoms with van der Waals surface area (Å²) in [6, 6.07) is 9.78. The minimum Gasteiger partial charge on any atom is -0.301 e. The van der Waals surface area contributed by atoms with Crippen LogP contribution in [0.5, 0.6) is 0 Å². The summed E-state index contributed by atoms with van der Waals surface area (Å²) in [6.45, 7) is 3.69. The molecule has 0 spiro atoms. The van der Waals surface area contributed by atoms with E-state index >= 15 is 0 Å². The Morgan fingerprint density at radius 2 is 2.00 bits per heavy atom. The number of carbonyl (C=O) groups is 1. The molecule has 0 fully saturated rings. The number of nitrogens with zero attached hydrogens (tertiary/aromatic N) is 2. The molecule has 0 aliphatic heterocycles. The standard InChI is InChI=1S/C18H18N4O2S2/c1-11-9-25-17(19-11)21-15(23)10-26-18-20-12(2)14(16(24)22-18)8-13-6-4-3-5-7-13/h3-7,9H,8,10H2,1-2H3,(H,19,21,23)(H,20,22,24). The maximum Gasteiger partial charge on any atom is 0.255 e. The van der Waals surface area contributed by atoms with Crippen LogP contribution in [-0.4, -0.2) is 26.6 Å². The number of hydrogen-bond acceptors (Lipinski definition) is 6. The van der Waals surface area contributed by atoms with Crippen molar-refractivity contribution in [1.82, 2.24) is 15.0 Å². The van der Waals surface area contributed by atoms with E-state index in [-0.39, 0.29) is 17.2 Å². The molecule has 3 aromatic rings. The molecular weight excluding hydrogens is 368 g/mol. The molecule has 2 heterocycles. The van der Waals surface area contributed by atoms with Crippen molar-refractivity contribution in [3.05, 3.63) is 68.6 Å². The number of benzene rings is 1. The summed E-state index contributed by atoms with van der Waals surface area (Å²) in [4.78, 5) is 35.8. The summed E-state index contributed by atoms with van der Waals surface area (Å²) < 4.78 is 0. The van der Waals surface area contributed by atoms with Crippen molar-refractivity contribution < 1.29 is 4.79 Å². The Morgan fingerprint density at radius 1 is 1.23 bits per heavy atom. The van der Waals surface area contributed by atoms with E-state index in [1.54, 1.807) is 0 Å². The first-order valence-corrected chi connectivity index (χ1v) is 9.86. The summed E-state index contributed by atoms with van der Waals surface area (Å²) >= 11 is 2.58. The molecule has 3 rings (SSSR count). The van der Waals surface area contributed by atoms with Crippen molar-refractivity contribution in [2.45, 2.75) is 25.4 Å². The molecule has 134 valence electrons. The third-order valence-electron chi connectivity index (χ3n) is 3.63. The summed E-state index contributed by atoms with van der Waals surface area (Å²) in [5, 5.41) is 5.62. The molecule has 1 amide bonds. The third-order valence-corrected chi connectivity index (χ3v) is 5.38. The Hall–Kier alpha value is -2.45. The van der Waals surface area contributed by atoms with E-state index in [2.05, 4.69) is 20.3 Å². The summed E-state index contributed by atoms with van der Waals surface area (Å²) in [5.74, 6) is -0.0306. The summed E-state index contributed by atoms with van der Waals surface area (Å²) in [5.41, 5.74) is 3.08. The molecule has 26 heavy (non-hydrogen) atoms. The topological polar surface area (TPSA) is 87.7 Å². The Morgan fingerprint density at radius 3 is 2.65 bits per heavy atom. The van der Waals surface area contributed by atoms with Crippen LogP contribution in [0, 0.1) is 13.8 Å². The van der Waals surface area contributed by atoms with Crippen molar-refractivity contribution in [1.29, 1.82) is 0 Å². The molecule has 0 unspecified atom stereocenters. The number of thiazole rings is 1. The Balaban J connectivity index is 1.64. The summed E-state index contributed by atoms with van der Waals surface area (Å²) in [6.07, 6.45) is 0.532. The molecule has 0 atom stereocenters. The SMILES string of the molecule is Cc1csc(NC(=O)CSc2nc(C)c(Cc3ccccc3)c(=O)[nH]2)n1. The van der Waals surface area contributed by atoms with E-state index in [1.807, 2.05) is 49.6 Å². The molecular formula is C18H18N4O2S2. The first kappa shape index (κ1) is 18.3. The Kier molecular flexibility index (Phi) is 5.85. The zero-order valence-electron chi connectivity index (χ0n) is 14.4. The Bertz CT molecular complexity index is 967. The smallest absolute Gasteiger partial charge is 0.255 e. The van der Waals surface area contributed by atoms with Crippen molar-refractivity contribution in [2.75, 3.05) is 11.1 Å². The van der Waals surface area contributed by atoms with E-state index in [1.165, 1.54) is 23.1 Å². The zero-order chi connectivity index (χ0) is 18.5. The molecule has 8 heteroatoms.